The number of methoxy groups -OCH3 is 1. The molecular formula is C15H16N2O2S. The van der Waals surface area contributed by atoms with Gasteiger partial charge in [-0.15, -0.1) is 11.3 Å². The summed E-state index contributed by atoms with van der Waals surface area (Å²) in [7, 11) is 1.62. The van der Waals surface area contributed by atoms with Gasteiger partial charge in [0.2, 0.25) is 0 Å². The SMILES string of the molecule is COc1ccc(NC(=O)c2sc(C3CC3)nc2C)cc1. The first-order valence-electron chi connectivity index (χ1n) is 6.60. The summed E-state index contributed by atoms with van der Waals surface area (Å²) in [5.41, 5.74) is 1.58. The molecule has 0 saturated heterocycles. The van der Waals surface area contributed by atoms with E-state index in [1.54, 1.807) is 7.11 Å². The van der Waals surface area contributed by atoms with Crippen LogP contribution in [0.3, 0.4) is 0 Å². The van der Waals surface area contributed by atoms with Gasteiger partial charge in [0.15, 0.2) is 0 Å². The zero-order valence-corrected chi connectivity index (χ0v) is 12.3. The highest BCUT2D eigenvalue weighted by Gasteiger charge is 2.28. The average Bonchev–Trinajstić information content (AvgIpc) is 3.23. The maximum Gasteiger partial charge on any atom is 0.267 e. The van der Waals surface area contributed by atoms with E-state index in [4.69, 9.17) is 4.74 Å². The number of rotatable bonds is 4. The minimum Gasteiger partial charge on any atom is -0.497 e. The van der Waals surface area contributed by atoms with Crippen LogP contribution in [0.4, 0.5) is 5.69 Å². The van der Waals surface area contributed by atoms with Gasteiger partial charge in [-0.05, 0) is 44.0 Å². The van der Waals surface area contributed by atoms with Crippen molar-refractivity contribution in [3.63, 3.8) is 0 Å². The molecule has 1 fully saturated rings. The van der Waals surface area contributed by atoms with E-state index in [9.17, 15) is 4.79 Å². The summed E-state index contributed by atoms with van der Waals surface area (Å²) in [4.78, 5) is 17.5. The van der Waals surface area contributed by atoms with E-state index in [1.807, 2.05) is 31.2 Å². The smallest absolute Gasteiger partial charge is 0.267 e. The van der Waals surface area contributed by atoms with Crippen molar-refractivity contribution in [2.24, 2.45) is 0 Å². The van der Waals surface area contributed by atoms with E-state index >= 15 is 0 Å². The topological polar surface area (TPSA) is 51.2 Å². The maximum absolute atomic E-state index is 12.3. The number of ether oxygens (including phenoxy) is 1. The molecule has 0 unspecified atom stereocenters. The Morgan fingerprint density at radius 1 is 1.35 bits per heavy atom. The highest BCUT2D eigenvalue weighted by molar-refractivity contribution is 7.14. The van der Waals surface area contributed by atoms with Crippen LogP contribution < -0.4 is 10.1 Å². The zero-order valence-electron chi connectivity index (χ0n) is 11.5. The van der Waals surface area contributed by atoms with E-state index in [0.29, 0.717) is 10.8 Å². The molecule has 2 aromatic rings. The Kier molecular flexibility index (Phi) is 3.44. The van der Waals surface area contributed by atoms with Crippen LogP contribution in [0.25, 0.3) is 0 Å². The van der Waals surface area contributed by atoms with Gasteiger partial charge >= 0.3 is 0 Å². The van der Waals surface area contributed by atoms with E-state index < -0.39 is 0 Å². The molecule has 0 bridgehead atoms. The maximum atomic E-state index is 12.3. The molecule has 104 valence electrons. The number of carbonyl (C=O) groups is 1. The summed E-state index contributed by atoms with van der Waals surface area (Å²) in [5, 5.41) is 4.00. The first kappa shape index (κ1) is 13.1. The van der Waals surface area contributed by atoms with Crippen LogP contribution in [0.1, 0.15) is 39.1 Å². The van der Waals surface area contributed by atoms with Crippen LogP contribution in [0.15, 0.2) is 24.3 Å². The van der Waals surface area contributed by atoms with Crippen molar-refractivity contribution in [1.82, 2.24) is 4.98 Å². The molecule has 1 aromatic heterocycles. The average molecular weight is 288 g/mol. The molecule has 20 heavy (non-hydrogen) atoms. The Labute approximate surface area is 121 Å². The highest BCUT2D eigenvalue weighted by atomic mass is 32.1. The Morgan fingerprint density at radius 2 is 2.05 bits per heavy atom. The van der Waals surface area contributed by atoms with Crippen molar-refractivity contribution in [2.75, 3.05) is 12.4 Å². The number of anilines is 1. The third-order valence-corrected chi connectivity index (χ3v) is 4.61. The molecule has 0 aliphatic heterocycles. The van der Waals surface area contributed by atoms with Gasteiger partial charge < -0.3 is 10.1 Å². The Hall–Kier alpha value is -1.88. The van der Waals surface area contributed by atoms with Crippen LogP contribution in [0, 0.1) is 6.92 Å². The first-order valence-corrected chi connectivity index (χ1v) is 7.41. The summed E-state index contributed by atoms with van der Waals surface area (Å²) in [5.74, 6) is 1.27. The number of nitrogens with zero attached hydrogens (tertiary/aromatic N) is 1. The van der Waals surface area contributed by atoms with E-state index in [0.717, 1.165) is 22.1 Å². The Morgan fingerprint density at radius 3 is 2.65 bits per heavy atom. The molecule has 4 nitrogen and oxygen atoms in total. The molecule has 1 N–H and O–H groups in total. The number of aryl methyl sites for hydroxylation is 1. The van der Waals surface area contributed by atoms with Crippen molar-refractivity contribution in [2.45, 2.75) is 25.7 Å². The van der Waals surface area contributed by atoms with Crippen molar-refractivity contribution < 1.29 is 9.53 Å². The lowest BCUT2D eigenvalue weighted by molar-refractivity contribution is 0.103. The fourth-order valence-electron chi connectivity index (χ4n) is 2.00. The van der Waals surface area contributed by atoms with Crippen LogP contribution >= 0.6 is 11.3 Å². The predicted molar refractivity (Wildman–Crippen MR) is 79.8 cm³/mol. The summed E-state index contributed by atoms with van der Waals surface area (Å²) < 4.78 is 5.09. The second kappa shape index (κ2) is 5.25. The summed E-state index contributed by atoms with van der Waals surface area (Å²) in [6.07, 6.45) is 2.40. The second-order valence-corrected chi connectivity index (χ2v) is 5.95. The number of aromatic nitrogens is 1. The molecular weight excluding hydrogens is 272 g/mol. The van der Waals surface area contributed by atoms with Gasteiger partial charge in [0, 0.05) is 11.6 Å². The van der Waals surface area contributed by atoms with Crippen LogP contribution in [-0.4, -0.2) is 18.0 Å². The van der Waals surface area contributed by atoms with Gasteiger partial charge in [-0.2, -0.15) is 0 Å². The van der Waals surface area contributed by atoms with Gasteiger partial charge in [-0.1, -0.05) is 0 Å². The molecule has 1 aromatic carbocycles. The monoisotopic (exact) mass is 288 g/mol. The molecule has 1 saturated carbocycles. The van der Waals surface area contributed by atoms with Crippen LogP contribution in [-0.2, 0) is 0 Å². The van der Waals surface area contributed by atoms with Gasteiger partial charge in [0.1, 0.15) is 10.6 Å². The molecule has 1 amide bonds. The third kappa shape index (κ3) is 2.67. The fraction of sp³-hybridized carbons (Fsp3) is 0.333. The number of nitrogens with one attached hydrogen (secondary N) is 1. The van der Waals surface area contributed by atoms with E-state index in [-0.39, 0.29) is 5.91 Å². The van der Waals surface area contributed by atoms with Crippen molar-refractivity contribution in [1.29, 1.82) is 0 Å². The first-order chi connectivity index (χ1) is 9.67. The quantitative estimate of drug-likeness (QED) is 0.935. The van der Waals surface area contributed by atoms with Crippen LogP contribution in [0.2, 0.25) is 0 Å². The van der Waals surface area contributed by atoms with E-state index in [2.05, 4.69) is 10.3 Å². The molecule has 1 aliphatic rings. The van der Waals surface area contributed by atoms with Crippen molar-refractivity contribution >= 4 is 22.9 Å². The molecule has 0 spiro atoms. The fourth-order valence-corrected chi connectivity index (χ4v) is 3.13. The minimum absolute atomic E-state index is 0.0860. The van der Waals surface area contributed by atoms with Gasteiger partial charge in [0.05, 0.1) is 17.8 Å². The standard InChI is InChI=1S/C15H16N2O2S/c1-9-13(20-15(16-9)10-3-4-10)14(18)17-11-5-7-12(19-2)8-6-11/h5-8,10H,3-4H2,1-2H3,(H,17,18). The van der Waals surface area contributed by atoms with Crippen molar-refractivity contribution in [3.8, 4) is 5.75 Å². The van der Waals surface area contributed by atoms with Gasteiger partial charge in [-0.25, -0.2) is 4.98 Å². The molecule has 3 rings (SSSR count). The normalized spacial score (nSPS) is 14.1. The number of hydrogen-bond acceptors (Lipinski definition) is 4. The lowest BCUT2D eigenvalue weighted by atomic mass is 10.3. The molecule has 0 radical (unpaired) electrons. The summed E-state index contributed by atoms with van der Waals surface area (Å²) in [6.45, 7) is 1.89. The van der Waals surface area contributed by atoms with Gasteiger partial charge in [0.25, 0.3) is 5.91 Å². The lowest BCUT2D eigenvalue weighted by Crippen LogP contribution is -2.11. The van der Waals surface area contributed by atoms with E-state index in [1.165, 1.54) is 24.2 Å². The number of thiazole rings is 1. The minimum atomic E-state index is -0.0860. The number of carbonyl (C=O) groups excluding carboxylic acids is 1. The molecule has 0 atom stereocenters. The van der Waals surface area contributed by atoms with Crippen LogP contribution in [0.5, 0.6) is 5.75 Å². The molecule has 1 aliphatic carbocycles. The Balaban J connectivity index is 1.74. The number of benzene rings is 1. The number of hydrogen-bond donors (Lipinski definition) is 1. The van der Waals surface area contributed by atoms with Gasteiger partial charge in [-0.3, -0.25) is 4.79 Å². The molecule has 5 heteroatoms. The predicted octanol–water partition coefficient (Wildman–Crippen LogP) is 3.59. The number of amides is 1. The second-order valence-electron chi connectivity index (χ2n) is 4.92. The summed E-state index contributed by atoms with van der Waals surface area (Å²) in [6, 6.07) is 7.30. The Bertz CT molecular complexity index is 630. The third-order valence-electron chi connectivity index (χ3n) is 3.29. The summed E-state index contributed by atoms with van der Waals surface area (Å²) >= 11 is 1.52. The lowest BCUT2D eigenvalue weighted by Gasteiger charge is -2.05. The zero-order chi connectivity index (χ0) is 14.1. The highest BCUT2D eigenvalue weighted by Crippen LogP contribution is 2.42. The largest absolute Gasteiger partial charge is 0.497 e. The molecule has 1 heterocycles. The van der Waals surface area contributed by atoms with Crippen molar-refractivity contribution in [3.05, 3.63) is 39.8 Å².